The number of rotatable bonds is 7. The number of methoxy groups -OCH3 is 1. The third-order valence-corrected chi connectivity index (χ3v) is 2.63. The molecule has 0 saturated heterocycles. The van der Waals surface area contributed by atoms with Crippen molar-refractivity contribution < 1.29 is 19.1 Å². The van der Waals surface area contributed by atoms with E-state index in [1.165, 1.54) is 14.0 Å². The summed E-state index contributed by atoms with van der Waals surface area (Å²) in [6.45, 7) is 10.5. The summed E-state index contributed by atoms with van der Waals surface area (Å²) in [5, 5.41) is 5.13. The Morgan fingerprint density at radius 1 is 1.15 bits per heavy atom. The fourth-order valence-corrected chi connectivity index (χ4v) is 1.53. The van der Waals surface area contributed by atoms with E-state index in [0.717, 1.165) is 0 Å². The summed E-state index contributed by atoms with van der Waals surface area (Å²) >= 11 is 0. The van der Waals surface area contributed by atoms with E-state index in [4.69, 9.17) is 0 Å². The number of ether oxygens (including phenoxy) is 1. The average molecular weight is 284 g/mol. The first kappa shape index (κ1) is 18.1. The normalized spacial score (nSPS) is 13.3. The molecule has 0 spiro atoms. The van der Waals surface area contributed by atoms with Gasteiger partial charge in [-0.15, -0.1) is 0 Å². The van der Waals surface area contributed by atoms with Crippen molar-refractivity contribution in [2.75, 3.05) is 7.11 Å². The number of nitrogens with one attached hydrogen (secondary N) is 2. The summed E-state index contributed by atoms with van der Waals surface area (Å²) in [5.74, 6) is -1.11. The highest BCUT2D eigenvalue weighted by Gasteiger charge is 2.25. The lowest BCUT2D eigenvalue weighted by Gasteiger charge is -2.22. The minimum absolute atomic E-state index is 0.213. The summed E-state index contributed by atoms with van der Waals surface area (Å²) in [6, 6.07) is -1.46. The molecule has 2 N–H and O–H groups in total. The van der Waals surface area contributed by atoms with Gasteiger partial charge in [0, 0.05) is 5.57 Å². The second-order valence-electron chi connectivity index (χ2n) is 5.19. The first-order chi connectivity index (χ1) is 9.18. The van der Waals surface area contributed by atoms with Crippen LogP contribution in [0.25, 0.3) is 0 Å². The van der Waals surface area contributed by atoms with E-state index in [9.17, 15) is 14.4 Å². The molecule has 6 heteroatoms. The molecule has 2 amide bonds. The third-order valence-electron chi connectivity index (χ3n) is 2.63. The van der Waals surface area contributed by atoms with Gasteiger partial charge >= 0.3 is 5.97 Å². The lowest BCUT2D eigenvalue weighted by atomic mass is 10.0. The number of hydrogen-bond donors (Lipinski definition) is 2. The van der Waals surface area contributed by atoms with Crippen LogP contribution in [-0.4, -0.2) is 37.0 Å². The lowest BCUT2D eigenvalue weighted by Crippen LogP contribution is -2.51. The number of esters is 1. The zero-order chi connectivity index (χ0) is 15.9. The van der Waals surface area contributed by atoms with E-state index >= 15 is 0 Å². The second-order valence-corrected chi connectivity index (χ2v) is 5.19. The average Bonchev–Trinajstić information content (AvgIpc) is 2.35. The first-order valence-electron chi connectivity index (χ1n) is 6.53. The predicted octanol–water partition coefficient (Wildman–Crippen LogP) is 0.771. The molecule has 0 fully saturated rings. The number of carbonyl (C=O) groups is 3. The highest BCUT2D eigenvalue weighted by molar-refractivity contribution is 5.96. The van der Waals surface area contributed by atoms with Crippen molar-refractivity contribution >= 4 is 17.8 Å². The van der Waals surface area contributed by atoms with Crippen LogP contribution >= 0.6 is 0 Å². The van der Waals surface area contributed by atoms with Crippen molar-refractivity contribution in [1.29, 1.82) is 0 Å². The molecule has 0 aliphatic carbocycles. The Morgan fingerprint density at radius 3 is 2.10 bits per heavy atom. The zero-order valence-electron chi connectivity index (χ0n) is 12.8. The maximum Gasteiger partial charge on any atom is 0.328 e. The lowest BCUT2D eigenvalue weighted by molar-refractivity contribution is -0.144. The van der Waals surface area contributed by atoms with Crippen LogP contribution in [0, 0.1) is 5.92 Å². The van der Waals surface area contributed by atoms with Crippen LogP contribution in [0.15, 0.2) is 12.2 Å². The van der Waals surface area contributed by atoms with Gasteiger partial charge < -0.3 is 15.4 Å². The van der Waals surface area contributed by atoms with Crippen molar-refractivity contribution in [2.45, 2.75) is 46.2 Å². The first-order valence-corrected chi connectivity index (χ1v) is 6.53. The van der Waals surface area contributed by atoms with Gasteiger partial charge in [-0.05, 0) is 26.2 Å². The van der Waals surface area contributed by atoms with E-state index in [0.29, 0.717) is 12.0 Å². The molecule has 0 aliphatic heterocycles. The molecule has 0 saturated carbocycles. The van der Waals surface area contributed by atoms with E-state index < -0.39 is 24.0 Å². The molecular weight excluding hydrogens is 260 g/mol. The van der Waals surface area contributed by atoms with Gasteiger partial charge in [-0.25, -0.2) is 4.79 Å². The molecule has 0 heterocycles. The summed E-state index contributed by atoms with van der Waals surface area (Å²) in [7, 11) is 1.25. The van der Waals surface area contributed by atoms with Crippen molar-refractivity contribution in [3.8, 4) is 0 Å². The van der Waals surface area contributed by atoms with Crippen LogP contribution in [-0.2, 0) is 19.1 Å². The predicted molar refractivity (Wildman–Crippen MR) is 75.8 cm³/mol. The van der Waals surface area contributed by atoms with Crippen molar-refractivity contribution in [1.82, 2.24) is 10.6 Å². The Kier molecular flexibility index (Phi) is 7.57. The second kappa shape index (κ2) is 8.35. The maximum absolute atomic E-state index is 12.1. The number of carbonyl (C=O) groups excluding carboxylic acids is 3. The molecule has 20 heavy (non-hydrogen) atoms. The topological polar surface area (TPSA) is 84.5 Å². The van der Waals surface area contributed by atoms with E-state index in [1.807, 2.05) is 13.8 Å². The van der Waals surface area contributed by atoms with E-state index in [-0.39, 0.29) is 11.8 Å². The van der Waals surface area contributed by atoms with Crippen molar-refractivity contribution in [3.05, 3.63) is 12.2 Å². The van der Waals surface area contributed by atoms with Gasteiger partial charge in [0.2, 0.25) is 11.8 Å². The number of hydrogen-bond acceptors (Lipinski definition) is 4. The monoisotopic (exact) mass is 284 g/mol. The van der Waals surface area contributed by atoms with Gasteiger partial charge in [-0.2, -0.15) is 0 Å². The van der Waals surface area contributed by atoms with Crippen LogP contribution in [0.2, 0.25) is 0 Å². The largest absolute Gasteiger partial charge is 0.467 e. The molecule has 0 radical (unpaired) electrons. The molecular formula is C14H24N2O4. The summed E-state index contributed by atoms with van der Waals surface area (Å²) in [5.41, 5.74) is 0.326. The molecule has 0 aliphatic rings. The molecule has 0 rings (SSSR count). The highest BCUT2D eigenvalue weighted by atomic mass is 16.5. The van der Waals surface area contributed by atoms with Crippen molar-refractivity contribution in [3.63, 3.8) is 0 Å². The fourth-order valence-electron chi connectivity index (χ4n) is 1.53. The molecule has 114 valence electrons. The Morgan fingerprint density at radius 2 is 1.70 bits per heavy atom. The zero-order valence-corrected chi connectivity index (χ0v) is 12.8. The quantitative estimate of drug-likeness (QED) is 0.534. The van der Waals surface area contributed by atoms with Gasteiger partial charge in [0.25, 0.3) is 0 Å². The maximum atomic E-state index is 12.1. The fraction of sp³-hybridized carbons (Fsp3) is 0.643. The third kappa shape index (κ3) is 6.36. The minimum atomic E-state index is -0.760. The SMILES string of the molecule is C=C(C)C(=O)N[C@@H](CC(C)C)C(=O)N[C@@H](C)C(=O)OC. The summed E-state index contributed by atoms with van der Waals surface area (Å²) in [4.78, 5) is 35.0. The van der Waals surface area contributed by atoms with Gasteiger partial charge in [-0.3, -0.25) is 9.59 Å². The van der Waals surface area contributed by atoms with Gasteiger partial charge in [0.15, 0.2) is 0 Å². The Hall–Kier alpha value is -1.85. The smallest absolute Gasteiger partial charge is 0.328 e. The van der Waals surface area contributed by atoms with Crippen LogP contribution in [0.4, 0.5) is 0 Å². The molecule has 0 aromatic carbocycles. The van der Waals surface area contributed by atoms with Crippen LogP contribution < -0.4 is 10.6 Å². The van der Waals surface area contributed by atoms with Crippen LogP contribution in [0.5, 0.6) is 0 Å². The molecule has 0 aromatic rings. The molecule has 0 bridgehead atoms. The summed E-state index contributed by atoms with van der Waals surface area (Å²) < 4.78 is 4.54. The Labute approximate surface area is 119 Å². The van der Waals surface area contributed by atoms with Gasteiger partial charge in [-0.1, -0.05) is 20.4 Å². The van der Waals surface area contributed by atoms with E-state index in [1.54, 1.807) is 6.92 Å². The van der Waals surface area contributed by atoms with E-state index in [2.05, 4.69) is 21.9 Å². The minimum Gasteiger partial charge on any atom is -0.467 e. The Balaban J connectivity index is 4.76. The van der Waals surface area contributed by atoms with Gasteiger partial charge in [0.1, 0.15) is 12.1 Å². The molecule has 0 unspecified atom stereocenters. The molecule has 0 aromatic heterocycles. The number of amides is 2. The van der Waals surface area contributed by atoms with Crippen LogP contribution in [0.3, 0.4) is 0 Å². The highest BCUT2D eigenvalue weighted by Crippen LogP contribution is 2.06. The van der Waals surface area contributed by atoms with Crippen molar-refractivity contribution in [2.24, 2.45) is 5.92 Å². The Bertz CT molecular complexity index is 391. The molecule has 6 nitrogen and oxygen atoms in total. The standard InChI is InChI=1S/C14H24N2O4/c1-8(2)7-11(16-12(17)9(3)4)13(18)15-10(5)14(19)20-6/h8,10-11H,3,7H2,1-2,4-6H3,(H,15,18)(H,16,17)/t10-,11-/m0/s1. The molecule has 2 atom stereocenters. The summed E-state index contributed by atoms with van der Waals surface area (Å²) in [6.07, 6.45) is 0.471. The van der Waals surface area contributed by atoms with Gasteiger partial charge in [0.05, 0.1) is 7.11 Å². The van der Waals surface area contributed by atoms with Crippen LogP contribution in [0.1, 0.15) is 34.1 Å².